The number of hydrogen-bond acceptors (Lipinski definition) is 3. The van der Waals surface area contributed by atoms with Crippen LogP contribution in [0.3, 0.4) is 0 Å². The third kappa shape index (κ3) is 2.71. The summed E-state index contributed by atoms with van der Waals surface area (Å²) in [5.41, 5.74) is 2.15. The smallest absolute Gasteiger partial charge is 0.0992 e. The van der Waals surface area contributed by atoms with Gasteiger partial charge in [0.25, 0.3) is 0 Å². The van der Waals surface area contributed by atoms with Gasteiger partial charge in [-0.25, -0.2) is 4.98 Å². The number of para-hydroxylation sites is 2. The van der Waals surface area contributed by atoms with Crippen LogP contribution in [0.4, 0.5) is 5.69 Å². The minimum Gasteiger partial charge on any atom is -0.376 e. The minimum absolute atomic E-state index is 0.206. The highest BCUT2D eigenvalue weighted by Crippen LogP contribution is 2.30. The molecular weight excluding hydrogens is 290 g/mol. The van der Waals surface area contributed by atoms with Crippen molar-refractivity contribution in [3.8, 4) is 5.69 Å². The Hall–Kier alpha value is -1.78. The Labute approximate surface area is 126 Å². The summed E-state index contributed by atoms with van der Waals surface area (Å²) in [6.07, 6.45) is 5.51. The highest BCUT2D eigenvalue weighted by atomic mass is 35.5. The molecule has 20 heavy (non-hydrogen) atoms. The van der Waals surface area contributed by atoms with Crippen molar-refractivity contribution in [2.45, 2.75) is 13.0 Å². The molecule has 0 amide bonds. The van der Waals surface area contributed by atoms with Crippen LogP contribution in [0.5, 0.6) is 0 Å². The number of thiophene rings is 1. The van der Waals surface area contributed by atoms with Gasteiger partial charge in [-0.3, -0.25) is 0 Å². The van der Waals surface area contributed by atoms with Crippen LogP contribution in [0, 0.1) is 0 Å². The molecule has 1 unspecified atom stereocenters. The van der Waals surface area contributed by atoms with Crippen molar-refractivity contribution in [3.05, 3.63) is 64.3 Å². The lowest BCUT2D eigenvalue weighted by molar-refractivity contribution is 0.901. The normalized spacial score (nSPS) is 12.3. The van der Waals surface area contributed by atoms with Crippen LogP contribution in [0.25, 0.3) is 5.69 Å². The van der Waals surface area contributed by atoms with E-state index in [1.807, 2.05) is 29.0 Å². The number of rotatable bonds is 4. The van der Waals surface area contributed by atoms with Crippen molar-refractivity contribution < 1.29 is 0 Å². The van der Waals surface area contributed by atoms with Gasteiger partial charge in [0, 0.05) is 17.3 Å². The average Bonchev–Trinajstić information content (AvgIpc) is 3.10. The second-order valence-electron chi connectivity index (χ2n) is 4.50. The monoisotopic (exact) mass is 303 g/mol. The molecule has 3 rings (SSSR count). The third-order valence-electron chi connectivity index (χ3n) is 3.08. The molecule has 5 heteroatoms. The Morgan fingerprint density at radius 3 is 2.80 bits per heavy atom. The first-order valence-corrected chi connectivity index (χ1v) is 7.52. The van der Waals surface area contributed by atoms with Gasteiger partial charge in [0.1, 0.15) is 0 Å². The van der Waals surface area contributed by atoms with Crippen molar-refractivity contribution in [1.82, 2.24) is 9.55 Å². The van der Waals surface area contributed by atoms with Gasteiger partial charge in [-0.05, 0) is 31.2 Å². The van der Waals surface area contributed by atoms with Crippen molar-refractivity contribution in [1.29, 1.82) is 0 Å². The predicted octanol–water partition coefficient (Wildman–Crippen LogP) is 4.76. The summed E-state index contributed by atoms with van der Waals surface area (Å²) in [5.74, 6) is 0. The van der Waals surface area contributed by atoms with Crippen LogP contribution in [-0.2, 0) is 0 Å². The quantitative estimate of drug-likeness (QED) is 0.753. The van der Waals surface area contributed by atoms with Gasteiger partial charge in [-0.1, -0.05) is 23.7 Å². The number of anilines is 1. The molecule has 0 aliphatic heterocycles. The maximum Gasteiger partial charge on any atom is 0.0992 e. The van der Waals surface area contributed by atoms with Crippen LogP contribution in [0.15, 0.2) is 55.1 Å². The Kier molecular flexibility index (Phi) is 3.76. The topological polar surface area (TPSA) is 29.9 Å². The summed E-state index contributed by atoms with van der Waals surface area (Å²) in [7, 11) is 0. The van der Waals surface area contributed by atoms with Crippen molar-refractivity contribution in [3.63, 3.8) is 0 Å². The molecule has 3 nitrogen and oxygen atoms in total. The Balaban J connectivity index is 1.88. The molecule has 0 radical (unpaired) electrons. The third-order valence-corrected chi connectivity index (χ3v) is 4.49. The number of imidazole rings is 1. The van der Waals surface area contributed by atoms with E-state index < -0.39 is 0 Å². The average molecular weight is 304 g/mol. The first kappa shape index (κ1) is 13.2. The molecule has 0 bridgehead atoms. The van der Waals surface area contributed by atoms with Crippen molar-refractivity contribution in [2.24, 2.45) is 0 Å². The van der Waals surface area contributed by atoms with E-state index in [1.165, 1.54) is 4.88 Å². The van der Waals surface area contributed by atoms with Gasteiger partial charge in [0.15, 0.2) is 0 Å². The Bertz CT molecular complexity index is 691. The molecule has 2 aromatic heterocycles. The van der Waals surface area contributed by atoms with E-state index in [0.29, 0.717) is 0 Å². The number of aromatic nitrogens is 2. The number of nitrogens with zero attached hydrogens (tertiary/aromatic N) is 2. The highest BCUT2D eigenvalue weighted by molar-refractivity contribution is 7.16. The van der Waals surface area contributed by atoms with Crippen molar-refractivity contribution in [2.75, 3.05) is 5.32 Å². The number of benzene rings is 1. The van der Waals surface area contributed by atoms with Gasteiger partial charge in [-0.15, -0.1) is 11.3 Å². The molecular formula is C15H14ClN3S. The standard InChI is InChI=1S/C15H14ClN3S/c1-11(14-6-7-15(16)20-14)18-12-4-2-3-5-13(12)19-9-8-17-10-19/h2-11,18H,1H3. The second-order valence-corrected chi connectivity index (χ2v) is 6.24. The maximum atomic E-state index is 6.00. The molecule has 3 aromatic rings. The van der Waals surface area contributed by atoms with Crippen LogP contribution in [0.1, 0.15) is 17.8 Å². The highest BCUT2D eigenvalue weighted by Gasteiger charge is 2.11. The Morgan fingerprint density at radius 2 is 2.10 bits per heavy atom. The molecule has 1 atom stereocenters. The van der Waals surface area contributed by atoms with Crippen LogP contribution >= 0.6 is 22.9 Å². The second kappa shape index (κ2) is 5.69. The number of nitrogens with one attached hydrogen (secondary N) is 1. The summed E-state index contributed by atoms with van der Waals surface area (Å²) < 4.78 is 2.81. The van der Waals surface area contributed by atoms with Gasteiger partial charge < -0.3 is 9.88 Å². The van der Waals surface area contributed by atoms with E-state index in [-0.39, 0.29) is 6.04 Å². The van der Waals surface area contributed by atoms with Crippen molar-refractivity contribution >= 4 is 28.6 Å². The van der Waals surface area contributed by atoms with E-state index >= 15 is 0 Å². The summed E-state index contributed by atoms with van der Waals surface area (Å²) >= 11 is 7.60. The molecule has 0 fully saturated rings. The van der Waals surface area contributed by atoms with Crippen LogP contribution < -0.4 is 5.32 Å². The maximum absolute atomic E-state index is 6.00. The fourth-order valence-electron chi connectivity index (χ4n) is 2.09. The Morgan fingerprint density at radius 1 is 1.25 bits per heavy atom. The van der Waals surface area contributed by atoms with Crippen LogP contribution in [-0.4, -0.2) is 9.55 Å². The number of halogens is 1. The zero-order valence-corrected chi connectivity index (χ0v) is 12.5. The molecule has 0 aliphatic carbocycles. The molecule has 1 N–H and O–H groups in total. The van der Waals surface area contributed by atoms with E-state index in [4.69, 9.17) is 11.6 Å². The first-order chi connectivity index (χ1) is 9.74. The molecule has 0 spiro atoms. The SMILES string of the molecule is CC(Nc1ccccc1-n1ccnc1)c1ccc(Cl)s1. The number of hydrogen-bond donors (Lipinski definition) is 1. The fourth-order valence-corrected chi connectivity index (χ4v) is 3.15. The first-order valence-electron chi connectivity index (χ1n) is 6.33. The minimum atomic E-state index is 0.206. The zero-order chi connectivity index (χ0) is 13.9. The lowest BCUT2D eigenvalue weighted by Crippen LogP contribution is -2.07. The molecule has 0 saturated heterocycles. The summed E-state index contributed by atoms with van der Waals surface area (Å²) in [4.78, 5) is 5.32. The van der Waals surface area contributed by atoms with Gasteiger partial charge >= 0.3 is 0 Å². The summed E-state index contributed by atoms with van der Waals surface area (Å²) in [5, 5.41) is 3.53. The van der Waals surface area contributed by atoms with E-state index in [0.717, 1.165) is 15.7 Å². The van der Waals surface area contributed by atoms with Gasteiger partial charge in [0.2, 0.25) is 0 Å². The fraction of sp³-hybridized carbons (Fsp3) is 0.133. The van der Waals surface area contributed by atoms with Gasteiger partial charge in [-0.2, -0.15) is 0 Å². The molecule has 0 saturated carbocycles. The van der Waals surface area contributed by atoms with E-state index in [2.05, 4.69) is 35.4 Å². The van der Waals surface area contributed by atoms with E-state index in [1.54, 1.807) is 23.9 Å². The molecule has 2 heterocycles. The predicted molar refractivity (Wildman–Crippen MR) is 84.9 cm³/mol. The largest absolute Gasteiger partial charge is 0.376 e. The zero-order valence-electron chi connectivity index (χ0n) is 11.0. The lowest BCUT2D eigenvalue weighted by atomic mass is 10.2. The van der Waals surface area contributed by atoms with Gasteiger partial charge in [0.05, 0.1) is 28.1 Å². The molecule has 0 aliphatic rings. The summed E-state index contributed by atoms with van der Waals surface area (Å²) in [6.45, 7) is 2.13. The molecule has 1 aromatic carbocycles. The van der Waals surface area contributed by atoms with E-state index in [9.17, 15) is 0 Å². The molecule has 102 valence electrons. The van der Waals surface area contributed by atoms with Crippen LogP contribution in [0.2, 0.25) is 4.34 Å². The lowest BCUT2D eigenvalue weighted by Gasteiger charge is -2.17. The summed E-state index contributed by atoms with van der Waals surface area (Å²) in [6, 6.07) is 12.4.